The molecule has 0 saturated heterocycles. The van der Waals surface area contributed by atoms with E-state index < -0.39 is 11.6 Å². The number of carbonyl (C=O) groups is 1. The number of benzene rings is 3. The van der Waals surface area contributed by atoms with Gasteiger partial charge in [-0.2, -0.15) is 0 Å². The molecular weight excluding hydrogens is 368 g/mol. The lowest BCUT2D eigenvalue weighted by Gasteiger charge is -2.13. The van der Waals surface area contributed by atoms with Crippen molar-refractivity contribution in [1.29, 1.82) is 0 Å². The highest BCUT2D eigenvalue weighted by atomic mass is 16.5. The standard InChI is InChI=1S/C24H18O5/c1-15(25)28-19-12-13-20-21(14-19)29-24(26)23(17-8-10-18(27-2)11-9-17)22(20)16-6-4-3-5-7-16/h3-14H,1-2H3. The Morgan fingerprint density at radius 2 is 1.48 bits per heavy atom. The molecule has 0 radical (unpaired) electrons. The minimum atomic E-state index is -0.471. The third kappa shape index (κ3) is 3.62. The fourth-order valence-corrected chi connectivity index (χ4v) is 3.34. The van der Waals surface area contributed by atoms with Gasteiger partial charge in [0.05, 0.1) is 12.7 Å². The smallest absolute Gasteiger partial charge is 0.344 e. The Morgan fingerprint density at radius 1 is 0.828 bits per heavy atom. The maximum Gasteiger partial charge on any atom is 0.344 e. The first-order chi connectivity index (χ1) is 14.1. The van der Waals surface area contributed by atoms with Crippen molar-refractivity contribution in [3.8, 4) is 33.8 Å². The molecule has 0 saturated carbocycles. The molecule has 5 heteroatoms. The summed E-state index contributed by atoms with van der Waals surface area (Å²) < 4.78 is 16.0. The highest BCUT2D eigenvalue weighted by Crippen LogP contribution is 2.37. The lowest BCUT2D eigenvalue weighted by atomic mass is 9.93. The molecule has 4 aromatic rings. The van der Waals surface area contributed by atoms with E-state index in [2.05, 4.69) is 0 Å². The van der Waals surface area contributed by atoms with Gasteiger partial charge in [0, 0.05) is 23.9 Å². The highest BCUT2D eigenvalue weighted by Gasteiger charge is 2.18. The predicted molar refractivity (Wildman–Crippen MR) is 111 cm³/mol. The maximum atomic E-state index is 13.0. The largest absolute Gasteiger partial charge is 0.497 e. The van der Waals surface area contributed by atoms with Gasteiger partial charge in [-0.15, -0.1) is 0 Å². The number of hydrogen-bond acceptors (Lipinski definition) is 5. The van der Waals surface area contributed by atoms with Gasteiger partial charge in [-0.25, -0.2) is 4.79 Å². The zero-order chi connectivity index (χ0) is 20.4. The molecule has 0 aliphatic heterocycles. The molecule has 1 heterocycles. The van der Waals surface area contributed by atoms with E-state index >= 15 is 0 Å². The average Bonchev–Trinajstić information content (AvgIpc) is 2.73. The van der Waals surface area contributed by atoms with Crippen molar-refractivity contribution < 1.29 is 18.7 Å². The molecule has 1 aromatic heterocycles. The third-order valence-corrected chi connectivity index (χ3v) is 4.58. The molecule has 0 atom stereocenters. The number of ether oxygens (including phenoxy) is 2. The molecule has 144 valence electrons. The molecule has 0 N–H and O–H groups in total. The van der Waals surface area contributed by atoms with Crippen LogP contribution in [-0.2, 0) is 4.79 Å². The van der Waals surface area contributed by atoms with E-state index in [9.17, 15) is 9.59 Å². The minimum Gasteiger partial charge on any atom is -0.497 e. The van der Waals surface area contributed by atoms with E-state index in [1.807, 2.05) is 42.5 Å². The first kappa shape index (κ1) is 18.5. The van der Waals surface area contributed by atoms with Crippen molar-refractivity contribution in [1.82, 2.24) is 0 Å². The summed E-state index contributed by atoms with van der Waals surface area (Å²) in [4.78, 5) is 24.3. The van der Waals surface area contributed by atoms with E-state index in [1.54, 1.807) is 37.4 Å². The second-order valence-electron chi connectivity index (χ2n) is 6.49. The zero-order valence-electron chi connectivity index (χ0n) is 16.0. The van der Waals surface area contributed by atoms with Crippen molar-refractivity contribution in [3.05, 3.63) is 83.2 Å². The fraction of sp³-hybridized carbons (Fsp3) is 0.0833. The number of carbonyl (C=O) groups excluding carboxylic acids is 1. The Balaban J connectivity index is 2.02. The third-order valence-electron chi connectivity index (χ3n) is 4.58. The summed E-state index contributed by atoms with van der Waals surface area (Å²) in [6.07, 6.45) is 0. The van der Waals surface area contributed by atoms with E-state index in [0.29, 0.717) is 22.6 Å². The first-order valence-electron chi connectivity index (χ1n) is 9.06. The van der Waals surface area contributed by atoms with Crippen LogP contribution in [0, 0.1) is 0 Å². The van der Waals surface area contributed by atoms with E-state index in [1.165, 1.54) is 6.92 Å². The lowest BCUT2D eigenvalue weighted by molar-refractivity contribution is -0.131. The van der Waals surface area contributed by atoms with Crippen LogP contribution >= 0.6 is 0 Å². The summed E-state index contributed by atoms with van der Waals surface area (Å²) in [6, 6.07) is 22.0. The Hall–Kier alpha value is -3.86. The maximum absolute atomic E-state index is 13.0. The molecule has 0 fully saturated rings. The summed E-state index contributed by atoms with van der Waals surface area (Å²) in [5.41, 5.74) is 2.72. The van der Waals surface area contributed by atoms with E-state index in [-0.39, 0.29) is 0 Å². The van der Waals surface area contributed by atoms with Crippen molar-refractivity contribution >= 4 is 16.9 Å². The van der Waals surface area contributed by atoms with Gasteiger partial charge in [0.15, 0.2) is 0 Å². The number of fused-ring (bicyclic) bond motifs is 1. The van der Waals surface area contributed by atoms with Crippen molar-refractivity contribution in [3.63, 3.8) is 0 Å². The van der Waals surface area contributed by atoms with Crippen molar-refractivity contribution in [2.45, 2.75) is 6.92 Å². The van der Waals surface area contributed by atoms with Gasteiger partial charge in [-0.3, -0.25) is 4.79 Å². The summed E-state index contributed by atoms with van der Waals surface area (Å²) in [5, 5.41) is 0.748. The Labute approximate surface area is 167 Å². The van der Waals surface area contributed by atoms with E-state index in [4.69, 9.17) is 13.9 Å². The second kappa shape index (κ2) is 7.64. The lowest BCUT2D eigenvalue weighted by Crippen LogP contribution is -2.07. The zero-order valence-corrected chi connectivity index (χ0v) is 16.0. The van der Waals surface area contributed by atoms with Crippen LogP contribution in [0.3, 0.4) is 0 Å². The van der Waals surface area contributed by atoms with Gasteiger partial charge in [-0.1, -0.05) is 42.5 Å². The number of rotatable bonds is 4. The topological polar surface area (TPSA) is 65.7 Å². The molecule has 4 rings (SSSR count). The fourth-order valence-electron chi connectivity index (χ4n) is 3.34. The Bertz CT molecular complexity index is 1240. The van der Waals surface area contributed by atoms with Gasteiger partial charge >= 0.3 is 11.6 Å². The van der Waals surface area contributed by atoms with Crippen LogP contribution in [0.4, 0.5) is 0 Å². The molecule has 0 bridgehead atoms. The van der Waals surface area contributed by atoms with Crippen LogP contribution in [0.15, 0.2) is 82.0 Å². The Morgan fingerprint density at radius 3 is 2.14 bits per heavy atom. The van der Waals surface area contributed by atoms with Gasteiger partial charge < -0.3 is 13.9 Å². The van der Waals surface area contributed by atoms with Crippen LogP contribution in [0.5, 0.6) is 11.5 Å². The molecule has 0 aliphatic carbocycles. The summed E-state index contributed by atoms with van der Waals surface area (Å²) in [5.74, 6) is 0.584. The summed E-state index contributed by atoms with van der Waals surface area (Å²) >= 11 is 0. The Kier molecular flexibility index (Phi) is 4.87. The molecule has 0 amide bonds. The normalized spacial score (nSPS) is 10.7. The number of hydrogen-bond donors (Lipinski definition) is 0. The first-order valence-corrected chi connectivity index (χ1v) is 9.06. The highest BCUT2D eigenvalue weighted by molar-refractivity contribution is 6.01. The molecule has 29 heavy (non-hydrogen) atoms. The van der Waals surface area contributed by atoms with Crippen molar-refractivity contribution in [2.75, 3.05) is 7.11 Å². The minimum absolute atomic E-state index is 0.323. The van der Waals surface area contributed by atoms with E-state index in [0.717, 1.165) is 22.1 Å². The van der Waals surface area contributed by atoms with Gasteiger partial charge in [0.2, 0.25) is 0 Å². The monoisotopic (exact) mass is 386 g/mol. The van der Waals surface area contributed by atoms with Crippen LogP contribution in [0.1, 0.15) is 6.92 Å². The number of esters is 1. The summed E-state index contributed by atoms with van der Waals surface area (Å²) in [7, 11) is 1.59. The predicted octanol–water partition coefficient (Wildman–Crippen LogP) is 5.06. The SMILES string of the molecule is COc1ccc(-c2c(-c3ccccc3)c3ccc(OC(C)=O)cc3oc2=O)cc1. The quantitative estimate of drug-likeness (QED) is 0.279. The van der Waals surface area contributed by atoms with Crippen LogP contribution in [-0.4, -0.2) is 13.1 Å². The molecule has 5 nitrogen and oxygen atoms in total. The average molecular weight is 386 g/mol. The molecule has 0 spiro atoms. The number of methoxy groups -OCH3 is 1. The second-order valence-corrected chi connectivity index (χ2v) is 6.49. The summed E-state index contributed by atoms with van der Waals surface area (Å²) in [6.45, 7) is 1.32. The molecule has 0 aliphatic rings. The molecular formula is C24H18O5. The van der Waals surface area contributed by atoms with Gasteiger partial charge in [0.25, 0.3) is 0 Å². The van der Waals surface area contributed by atoms with Crippen LogP contribution < -0.4 is 15.1 Å². The van der Waals surface area contributed by atoms with Crippen LogP contribution in [0.25, 0.3) is 33.2 Å². The molecule has 3 aromatic carbocycles. The van der Waals surface area contributed by atoms with Crippen LogP contribution in [0.2, 0.25) is 0 Å². The van der Waals surface area contributed by atoms with Crippen molar-refractivity contribution in [2.24, 2.45) is 0 Å². The van der Waals surface area contributed by atoms with Gasteiger partial charge in [-0.05, 0) is 35.4 Å². The molecule has 0 unspecified atom stereocenters. The van der Waals surface area contributed by atoms with Gasteiger partial charge in [0.1, 0.15) is 17.1 Å².